The van der Waals surface area contributed by atoms with E-state index in [9.17, 15) is 4.79 Å². The number of likely N-dealkylation sites (tertiary alicyclic amines) is 1. The van der Waals surface area contributed by atoms with Crippen molar-refractivity contribution < 1.29 is 4.79 Å². The molecule has 1 atom stereocenters. The highest BCUT2D eigenvalue weighted by Crippen LogP contribution is 2.20. The normalized spacial score (nSPS) is 32.1. The van der Waals surface area contributed by atoms with E-state index < -0.39 is 0 Å². The maximum Gasteiger partial charge on any atom is 0.317 e. The molecule has 1 aliphatic heterocycles. The highest BCUT2D eigenvalue weighted by molar-refractivity contribution is 5.74. The minimum atomic E-state index is 0.165. The summed E-state index contributed by atoms with van der Waals surface area (Å²) in [6.45, 7) is 7.31. The van der Waals surface area contributed by atoms with Gasteiger partial charge in [0.05, 0.1) is 0 Å². The fraction of sp³-hybridized carbons (Fsp3) is 0.933. The van der Waals surface area contributed by atoms with Crippen LogP contribution in [0.4, 0.5) is 4.79 Å². The number of amides is 2. The van der Waals surface area contributed by atoms with Crippen LogP contribution in [0.5, 0.6) is 0 Å². The van der Waals surface area contributed by atoms with Crippen molar-refractivity contribution in [1.82, 2.24) is 15.5 Å². The molecule has 1 heterocycles. The lowest BCUT2D eigenvalue weighted by Crippen LogP contribution is -2.50. The standard InChI is InChI=1S/C15H29N3O/c1-3-16-13-6-8-14(9-7-13)17-15(19)18-10-4-5-12(2)11-18/h12-14,16H,3-11H2,1-2H3,(H,17,19). The van der Waals surface area contributed by atoms with Crippen molar-refractivity contribution in [2.24, 2.45) is 5.92 Å². The van der Waals surface area contributed by atoms with Gasteiger partial charge in [-0.1, -0.05) is 13.8 Å². The van der Waals surface area contributed by atoms with E-state index in [4.69, 9.17) is 0 Å². The van der Waals surface area contributed by atoms with Crippen molar-refractivity contribution in [2.75, 3.05) is 19.6 Å². The first kappa shape index (κ1) is 14.6. The highest BCUT2D eigenvalue weighted by atomic mass is 16.2. The lowest BCUT2D eigenvalue weighted by Gasteiger charge is -2.34. The van der Waals surface area contributed by atoms with Crippen molar-refractivity contribution in [3.05, 3.63) is 0 Å². The molecule has 4 heteroatoms. The summed E-state index contributed by atoms with van der Waals surface area (Å²) < 4.78 is 0. The molecule has 2 rings (SSSR count). The molecule has 110 valence electrons. The van der Waals surface area contributed by atoms with Crippen LogP contribution in [0.1, 0.15) is 52.4 Å². The molecule has 2 fully saturated rings. The van der Waals surface area contributed by atoms with Crippen LogP contribution in [0.2, 0.25) is 0 Å². The van der Waals surface area contributed by atoms with E-state index in [1.807, 2.05) is 4.90 Å². The first-order valence-corrected chi connectivity index (χ1v) is 7.98. The Labute approximate surface area is 117 Å². The van der Waals surface area contributed by atoms with Gasteiger partial charge in [-0.2, -0.15) is 0 Å². The monoisotopic (exact) mass is 267 g/mol. The molecule has 4 nitrogen and oxygen atoms in total. The van der Waals surface area contributed by atoms with E-state index in [0.29, 0.717) is 18.0 Å². The van der Waals surface area contributed by atoms with Crippen molar-refractivity contribution in [3.63, 3.8) is 0 Å². The molecule has 0 bridgehead atoms. The number of carbonyl (C=O) groups excluding carboxylic acids is 1. The molecule has 0 aromatic heterocycles. The average molecular weight is 267 g/mol. The quantitative estimate of drug-likeness (QED) is 0.824. The highest BCUT2D eigenvalue weighted by Gasteiger charge is 2.25. The number of hydrogen-bond acceptors (Lipinski definition) is 2. The molecular weight excluding hydrogens is 238 g/mol. The molecule has 2 aliphatic rings. The number of hydrogen-bond donors (Lipinski definition) is 2. The zero-order valence-corrected chi connectivity index (χ0v) is 12.5. The van der Waals surface area contributed by atoms with E-state index >= 15 is 0 Å². The smallest absolute Gasteiger partial charge is 0.317 e. The van der Waals surface area contributed by atoms with Crippen LogP contribution in [0.15, 0.2) is 0 Å². The zero-order chi connectivity index (χ0) is 13.7. The topological polar surface area (TPSA) is 44.4 Å². The summed E-state index contributed by atoms with van der Waals surface area (Å²) in [5.74, 6) is 0.656. The molecule has 1 aliphatic carbocycles. The summed E-state index contributed by atoms with van der Waals surface area (Å²) in [7, 11) is 0. The summed E-state index contributed by atoms with van der Waals surface area (Å²) in [4.78, 5) is 14.2. The third-order valence-corrected chi connectivity index (χ3v) is 4.49. The molecule has 2 amide bonds. The molecule has 0 radical (unpaired) electrons. The first-order chi connectivity index (χ1) is 9.19. The van der Waals surface area contributed by atoms with Crippen LogP contribution in [0.3, 0.4) is 0 Å². The summed E-state index contributed by atoms with van der Waals surface area (Å²) >= 11 is 0. The SMILES string of the molecule is CCNC1CCC(NC(=O)N2CCCC(C)C2)CC1. The molecular formula is C15H29N3O. The Kier molecular flexibility index (Phi) is 5.49. The largest absolute Gasteiger partial charge is 0.335 e. The molecule has 0 aromatic carbocycles. The van der Waals surface area contributed by atoms with Crippen LogP contribution in [-0.4, -0.2) is 42.6 Å². The molecule has 1 saturated carbocycles. The predicted octanol–water partition coefficient (Wildman–Crippen LogP) is 2.35. The molecule has 1 unspecified atom stereocenters. The Hall–Kier alpha value is -0.770. The van der Waals surface area contributed by atoms with Gasteiger partial charge in [0.1, 0.15) is 0 Å². The Morgan fingerprint density at radius 3 is 2.47 bits per heavy atom. The number of piperidine rings is 1. The van der Waals surface area contributed by atoms with Gasteiger partial charge in [0.25, 0.3) is 0 Å². The van der Waals surface area contributed by atoms with E-state index in [-0.39, 0.29) is 6.03 Å². The van der Waals surface area contributed by atoms with Crippen molar-refractivity contribution in [3.8, 4) is 0 Å². The number of urea groups is 1. The second-order valence-corrected chi connectivity index (χ2v) is 6.25. The molecule has 0 aromatic rings. The Bertz CT molecular complexity index is 287. The minimum absolute atomic E-state index is 0.165. The van der Waals surface area contributed by atoms with Gasteiger partial charge in [-0.3, -0.25) is 0 Å². The number of carbonyl (C=O) groups is 1. The van der Waals surface area contributed by atoms with E-state index in [1.165, 1.54) is 19.3 Å². The van der Waals surface area contributed by atoms with Crippen molar-refractivity contribution >= 4 is 6.03 Å². The third kappa shape index (κ3) is 4.37. The molecule has 19 heavy (non-hydrogen) atoms. The van der Waals surface area contributed by atoms with Gasteiger partial charge >= 0.3 is 6.03 Å². The fourth-order valence-corrected chi connectivity index (χ4v) is 3.37. The lowest BCUT2D eigenvalue weighted by atomic mass is 9.91. The summed E-state index contributed by atoms with van der Waals surface area (Å²) in [5.41, 5.74) is 0. The molecule has 1 saturated heterocycles. The van der Waals surface area contributed by atoms with Crippen molar-refractivity contribution in [2.45, 2.75) is 64.5 Å². The van der Waals surface area contributed by atoms with Gasteiger partial charge in [-0.25, -0.2) is 4.79 Å². The van der Waals surface area contributed by atoms with Crippen LogP contribution in [0.25, 0.3) is 0 Å². The summed E-state index contributed by atoms with van der Waals surface area (Å²) in [6.07, 6.45) is 7.03. The van der Waals surface area contributed by atoms with E-state index in [0.717, 1.165) is 38.9 Å². The van der Waals surface area contributed by atoms with Gasteiger partial charge in [-0.15, -0.1) is 0 Å². The second kappa shape index (κ2) is 7.13. The minimum Gasteiger partial charge on any atom is -0.335 e. The maximum atomic E-state index is 12.2. The van der Waals surface area contributed by atoms with Gasteiger partial charge < -0.3 is 15.5 Å². The third-order valence-electron chi connectivity index (χ3n) is 4.49. The van der Waals surface area contributed by atoms with Gasteiger partial charge in [0, 0.05) is 25.2 Å². The zero-order valence-electron chi connectivity index (χ0n) is 12.5. The van der Waals surface area contributed by atoms with Gasteiger partial charge in [0.2, 0.25) is 0 Å². The van der Waals surface area contributed by atoms with Crippen LogP contribution in [-0.2, 0) is 0 Å². The summed E-state index contributed by atoms with van der Waals surface area (Å²) in [5, 5.41) is 6.74. The van der Waals surface area contributed by atoms with Crippen LogP contribution in [0, 0.1) is 5.92 Å². The van der Waals surface area contributed by atoms with Crippen LogP contribution >= 0.6 is 0 Å². The number of nitrogens with one attached hydrogen (secondary N) is 2. The molecule has 0 spiro atoms. The molecule has 2 N–H and O–H groups in total. The predicted molar refractivity (Wildman–Crippen MR) is 78.2 cm³/mol. The average Bonchev–Trinajstić information content (AvgIpc) is 2.41. The Morgan fingerprint density at radius 1 is 1.16 bits per heavy atom. The first-order valence-electron chi connectivity index (χ1n) is 7.98. The fourth-order valence-electron chi connectivity index (χ4n) is 3.37. The van der Waals surface area contributed by atoms with Gasteiger partial charge in [-0.05, 0) is 51.0 Å². The number of rotatable bonds is 3. The van der Waals surface area contributed by atoms with Gasteiger partial charge in [0.15, 0.2) is 0 Å². The Balaban J connectivity index is 1.71. The maximum absolute atomic E-state index is 12.2. The summed E-state index contributed by atoms with van der Waals surface area (Å²) in [6, 6.07) is 1.21. The van der Waals surface area contributed by atoms with Crippen molar-refractivity contribution in [1.29, 1.82) is 0 Å². The Morgan fingerprint density at radius 2 is 1.84 bits per heavy atom. The second-order valence-electron chi connectivity index (χ2n) is 6.25. The van der Waals surface area contributed by atoms with E-state index in [2.05, 4.69) is 24.5 Å². The lowest BCUT2D eigenvalue weighted by molar-refractivity contribution is 0.162. The van der Waals surface area contributed by atoms with E-state index in [1.54, 1.807) is 0 Å². The number of nitrogens with zero attached hydrogens (tertiary/aromatic N) is 1. The van der Waals surface area contributed by atoms with Crippen LogP contribution < -0.4 is 10.6 Å².